The molecule has 0 aliphatic heterocycles. The van der Waals surface area contributed by atoms with Crippen LogP contribution in [0.2, 0.25) is 0 Å². The summed E-state index contributed by atoms with van der Waals surface area (Å²) in [6, 6.07) is 10.5. The highest BCUT2D eigenvalue weighted by Crippen LogP contribution is 2.10. The summed E-state index contributed by atoms with van der Waals surface area (Å²) in [5, 5.41) is 24.6. The van der Waals surface area contributed by atoms with Gasteiger partial charge in [-0.1, -0.05) is 0 Å². The zero-order chi connectivity index (χ0) is 24.8. The van der Waals surface area contributed by atoms with Crippen LogP contribution in [0.25, 0.3) is 0 Å². The lowest BCUT2D eigenvalue weighted by Gasteiger charge is -2.14. The van der Waals surface area contributed by atoms with Crippen LogP contribution in [0, 0.1) is 11.6 Å². The fourth-order valence-electron chi connectivity index (χ4n) is 3.12. The molecule has 0 aliphatic rings. The summed E-state index contributed by atoms with van der Waals surface area (Å²) in [6.07, 6.45) is 4.72. The Morgan fingerprint density at radius 1 is 0.676 bits per heavy atom. The van der Waals surface area contributed by atoms with Crippen LogP contribution in [0.15, 0.2) is 72.1 Å². The van der Waals surface area contributed by atoms with Crippen LogP contribution in [0.5, 0.6) is 0 Å². The van der Waals surface area contributed by atoms with Crippen LogP contribution < -0.4 is 10.6 Å². The van der Waals surface area contributed by atoms with E-state index in [0.717, 1.165) is 0 Å². The summed E-state index contributed by atoms with van der Waals surface area (Å²) in [7, 11) is 0. The van der Waals surface area contributed by atoms with E-state index < -0.39 is 11.6 Å². The minimum Gasteiger partial charge on any atom is -0.396 e. The van der Waals surface area contributed by atoms with Gasteiger partial charge in [-0.15, -0.1) is 0 Å². The molecule has 0 radical (unpaired) electrons. The first-order chi connectivity index (χ1) is 16.4. The molecule has 0 aromatic heterocycles. The van der Waals surface area contributed by atoms with Gasteiger partial charge in [0.1, 0.15) is 11.6 Å². The maximum Gasteiger partial charge on any atom is 0.187 e. The van der Waals surface area contributed by atoms with Crippen molar-refractivity contribution in [2.75, 3.05) is 26.3 Å². The summed E-state index contributed by atoms with van der Waals surface area (Å²) in [5.74, 6) is -1.40. The number of hydrogen-bond acceptors (Lipinski definition) is 6. The van der Waals surface area contributed by atoms with Crippen molar-refractivity contribution in [2.45, 2.75) is 25.7 Å². The van der Waals surface area contributed by atoms with E-state index in [4.69, 9.17) is 10.2 Å². The highest BCUT2D eigenvalue weighted by atomic mass is 19.1. The molecule has 2 aromatic carbocycles. The molecule has 0 unspecified atom stereocenters. The van der Waals surface area contributed by atoms with E-state index in [9.17, 15) is 18.4 Å². The third-order valence-electron chi connectivity index (χ3n) is 4.91. The van der Waals surface area contributed by atoms with Crippen LogP contribution in [-0.4, -0.2) is 48.1 Å². The summed E-state index contributed by atoms with van der Waals surface area (Å²) in [5.41, 5.74) is 1.98. The molecule has 0 heterocycles. The third-order valence-corrected chi connectivity index (χ3v) is 4.91. The summed E-state index contributed by atoms with van der Waals surface area (Å²) in [6.45, 7) is 0.799. The van der Waals surface area contributed by atoms with Gasteiger partial charge in [0.2, 0.25) is 0 Å². The second-order valence-electron chi connectivity index (χ2n) is 7.59. The van der Waals surface area contributed by atoms with E-state index in [2.05, 4.69) is 10.6 Å². The normalized spacial score (nSPS) is 11.9. The maximum absolute atomic E-state index is 13.1. The molecule has 0 bridgehead atoms. The van der Waals surface area contributed by atoms with Crippen molar-refractivity contribution in [1.29, 1.82) is 0 Å². The average molecular weight is 473 g/mol. The third kappa shape index (κ3) is 9.64. The van der Waals surface area contributed by atoms with Crippen LogP contribution in [0.4, 0.5) is 8.78 Å². The molecule has 6 nitrogen and oxygen atoms in total. The summed E-state index contributed by atoms with van der Waals surface area (Å²) >= 11 is 0. The number of carbonyl (C=O) groups is 2. The summed E-state index contributed by atoms with van der Waals surface area (Å²) in [4.78, 5) is 24.9. The van der Waals surface area contributed by atoms with Gasteiger partial charge in [0, 0.05) is 61.0 Å². The van der Waals surface area contributed by atoms with Crippen molar-refractivity contribution in [3.63, 3.8) is 0 Å². The van der Waals surface area contributed by atoms with E-state index >= 15 is 0 Å². The Hall–Kier alpha value is -3.36. The number of allylic oxidation sites excluding steroid dienone is 4. The van der Waals surface area contributed by atoms with Gasteiger partial charge in [-0.2, -0.15) is 0 Å². The van der Waals surface area contributed by atoms with Crippen molar-refractivity contribution in [1.82, 2.24) is 10.6 Å². The molecule has 4 N–H and O–H groups in total. The average Bonchev–Trinajstić information content (AvgIpc) is 2.83. The standard InChI is InChI=1S/C26H30F2N2O4/c27-21-9-5-19(6-10-21)25(33)17-23(3-1-15-31)29-13-14-30-24(4-2-16-32)18-26(34)20-7-11-22(28)12-8-20/h5-12,17-18,29-32H,1-4,13-16H2. The quantitative estimate of drug-likeness (QED) is 0.180. The van der Waals surface area contributed by atoms with E-state index in [-0.39, 0.29) is 24.8 Å². The minimum atomic E-state index is -0.423. The number of rotatable bonds is 15. The Morgan fingerprint density at radius 2 is 1.03 bits per heavy atom. The molecule has 0 spiro atoms. The van der Waals surface area contributed by atoms with Gasteiger partial charge >= 0.3 is 0 Å². The van der Waals surface area contributed by atoms with Crippen LogP contribution in [0.3, 0.4) is 0 Å². The van der Waals surface area contributed by atoms with Crippen molar-refractivity contribution in [3.8, 4) is 0 Å². The van der Waals surface area contributed by atoms with E-state index in [1.54, 1.807) is 0 Å². The Labute approximate surface area is 198 Å². The van der Waals surface area contributed by atoms with Crippen LogP contribution in [-0.2, 0) is 0 Å². The van der Waals surface area contributed by atoms with E-state index in [1.165, 1.54) is 60.7 Å². The molecular weight excluding hydrogens is 442 g/mol. The zero-order valence-electron chi connectivity index (χ0n) is 18.9. The number of benzene rings is 2. The van der Waals surface area contributed by atoms with Gasteiger partial charge in [-0.3, -0.25) is 9.59 Å². The lowest BCUT2D eigenvalue weighted by molar-refractivity contribution is 0.103. The van der Waals surface area contributed by atoms with E-state index in [0.29, 0.717) is 61.3 Å². The monoisotopic (exact) mass is 472 g/mol. The molecule has 0 saturated carbocycles. The number of nitrogens with one attached hydrogen (secondary N) is 2. The molecule has 0 amide bonds. The molecular formula is C26H30F2N2O4. The van der Waals surface area contributed by atoms with Crippen LogP contribution >= 0.6 is 0 Å². The summed E-state index contributed by atoms with van der Waals surface area (Å²) < 4.78 is 26.2. The lowest BCUT2D eigenvalue weighted by Crippen LogP contribution is -2.27. The Bertz CT molecular complexity index is 905. The number of hydrogen-bond donors (Lipinski definition) is 4. The number of ketones is 2. The second-order valence-corrected chi connectivity index (χ2v) is 7.59. The molecule has 2 rings (SSSR count). The molecule has 0 saturated heterocycles. The first-order valence-corrected chi connectivity index (χ1v) is 11.1. The molecule has 2 aromatic rings. The predicted molar refractivity (Wildman–Crippen MR) is 126 cm³/mol. The number of aliphatic hydroxyl groups excluding tert-OH is 2. The fourth-order valence-corrected chi connectivity index (χ4v) is 3.12. The molecule has 0 atom stereocenters. The fraction of sp³-hybridized carbons (Fsp3) is 0.308. The van der Waals surface area contributed by atoms with Gasteiger partial charge in [-0.05, 0) is 74.2 Å². The van der Waals surface area contributed by atoms with Gasteiger partial charge in [0.05, 0.1) is 0 Å². The highest BCUT2D eigenvalue weighted by molar-refractivity contribution is 6.05. The van der Waals surface area contributed by atoms with Gasteiger partial charge in [0.25, 0.3) is 0 Å². The van der Waals surface area contributed by atoms with Crippen molar-refractivity contribution >= 4 is 11.6 Å². The smallest absolute Gasteiger partial charge is 0.187 e. The van der Waals surface area contributed by atoms with Gasteiger partial charge in [-0.25, -0.2) is 8.78 Å². The maximum atomic E-state index is 13.1. The molecule has 0 fully saturated rings. The van der Waals surface area contributed by atoms with Crippen molar-refractivity contribution in [3.05, 3.63) is 94.8 Å². The van der Waals surface area contributed by atoms with Crippen LogP contribution in [0.1, 0.15) is 46.4 Å². The molecule has 0 aliphatic carbocycles. The topological polar surface area (TPSA) is 98.7 Å². The Kier molecular flexibility index (Phi) is 11.6. The highest BCUT2D eigenvalue weighted by Gasteiger charge is 2.08. The lowest BCUT2D eigenvalue weighted by atomic mass is 10.1. The minimum absolute atomic E-state index is 0.0262. The van der Waals surface area contributed by atoms with Crippen molar-refractivity contribution < 1.29 is 28.6 Å². The van der Waals surface area contributed by atoms with Gasteiger partial charge in [0.15, 0.2) is 11.6 Å². The first-order valence-electron chi connectivity index (χ1n) is 11.1. The number of halogens is 2. The molecule has 182 valence electrons. The zero-order valence-corrected chi connectivity index (χ0v) is 18.9. The number of aliphatic hydroxyl groups is 2. The molecule has 34 heavy (non-hydrogen) atoms. The Morgan fingerprint density at radius 3 is 1.35 bits per heavy atom. The molecule has 8 heteroatoms. The largest absolute Gasteiger partial charge is 0.396 e. The Balaban J connectivity index is 1.98. The second kappa shape index (κ2) is 14.7. The predicted octanol–water partition coefficient (Wildman–Crippen LogP) is 3.52. The first kappa shape index (κ1) is 26.9. The van der Waals surface area contributed by atoms with Crippen molar-refractivity contribution in [2.24, 2.45) is 0 Å². The SMILES string of the molecule is O=C(C=C(CCCO)NCCNC(=CC(=O)c1ccc(F)cc1)CCCO)c1ccc(F)cc1. The van der Waals surface area contributed by atoms with Gasteiger partial charge < -0.3 is 20.8 Å². The number of carbonyl (C=O) groups excluding carboxylic acids is 2. The van der Waals surface area contributed by atoms with E-state index in [1.807, 2.05) is 0 Å².